The fraction of sp³-hybridized carbons (Fsp3) is 0.667. The first-order chi connectivity index (χ1) is 19.2. The van der Waals surface area contributed by atoms with Gasteiger partial charge < -0.3 is 34.5 Å². The van der Waals surface area contributed by atoms with Crippen LogP contribution in [0, 0.1) is 11.8 Å². The molecule has 0 bridgehead atoms. The molecule has 5 unspecified atom stereocenters. The summed E-state index contributed by atoms with van der Waals surface area (Å²) in [5, 5.41) is 9.79. The number of ether oxygens (including phenoxy) is 5. The van der Waals surface area contributed by atoms with Crippen molar-refractivity contribution in [2.45, 2.75) is 118 Å². The lowest BCUT2D eigenvalue weighted by Gasteiger charge is -2.32. The van der Waals surface area contributed by atoms with Gasteiger partial charge in [-0.25, -0.2) is 9.59 Å². The largest absolute Gasteiger partial charge is 0.514 e. The summed E-state index contributed by atoms with van der Waals surface area (Å²) in [5.74, 6) is -3.35. The number of aliphatic carboxylic acids is 1. The van der Waals surface area contributed by atoms with Gasteiger partial charge in [0.25, 0.3) is 0 Å². The van der Waals surface area contributed by atoms with E-state index < -0.39 is 60.4 Å². The van der Waals surface area contributed by atoms with Crippen LogP contribution in [0.15, 0.2) is 18.2 Å². The van der Waals surface area contributed by atoms with Crippen molar-refractivity contribution >= 4 is 24.2 Å². The number of esters is 1. The van der Waals surface area contributed by atoms with Crippen molar-refractivity contribution in [1.29, 1.82) is 0 Å². The molecule has 0 radical (unpaired) electrons. The Hall–Kier alpha value is -3.34. The van der Waals surface area contributed by atoms with Gasteiger partial charge in [-0.2, -0.15) is 0 Å². The Labute approximate surface area is 243 Å². The van der Waals surface area contributed by atoms with E-state index in [2.05, 4.69) is 0 Å². The van der Waals surface area contributed by atoms with Gasteiger partial charge in [0.05, 0.1) is 0 Å². The normalized spacial score (nSPS) is 15.6. The number of carboxylic acid groups (broad SMARTS) is 1. The summed E-state index contributed by atoms with van der Waals surface area (Å²) in [4.78, 5) is 49.3. The predicted octanol–water partition coefficient (Wildman–Crippen LogP) is 6.20. The topological polar surface area (TPSA) is 161 Å². The third-order valence-electron chi connectivity index (χ3n) is 6.60. The molecule has 3 N–H and O–H groups in total. The van der Waals surface area contributed by atoms with E-state index in [1.165, 1.54) is 18.2 Å². The SMILES string of the molecule is CCCC(C)OC(=O)Oc1ccc(C(C(C)C(C)OC(=O)CC(C)C)[C@H](N)C(=O)O)cc1OC(=O)OC(C)CCC. The molecule has 6 atom stereocenters. The van der Waals surface area contributed by atoms with Crippen molar-refractivity contribution in [2.75, 3.05) is 0 Å². The maximum Gasteiger partial charge on any atom is 0.514 e. The summed E-state index contributed by atoms with van der Waals surface area (Å²) in [6.07, 6.45) is -0.483. The van der Waals surface area contributed by atoms with Crippen molar-refractivity contribution in [2.24, 2.45) is 17.6 Å². The number of hydrogen-bond donors (Lipinski definition) is 2. The number of carbonyl (C=O) groups is 4. The van der Waals surface area contributed by atoms with Gasteiger partial charge in [0.15, 0.2) is 11.5 Å². The van der Waals surface area contributed by atoms with Gasteiger partial charge in [-0.15, -0.1) is 0 Å². The van der Waals surface area contributed by atoms with Crippen molar-refractivity contribution in [3.63, 3.8) is 0 Å². The van der Waals surface area contributed by atoms with E-state index in [9.17, 15) is 24.3 Å². The lowest BCUT2D eigenvalue weighted by atomic mass is 9.79. The minimum Gasteiger partial charge on any atom is -0.480 e. The standard InChI is InChI=1S/C30H47NO10/c1-9-11-18(5)37-29(35)40-23-14-13-22(16-24(23)41-30(36)38-19(6)12-10-2)26(27(31)28(33)34)20(7)21(8)39-25(32)15-17(3)4/h13-14,16-21,26-27H,9-12,15,31H2,1-8H3,(H,33,34)/t18?,19?,20?,21?,26?,27-/m0/s1. The van der Waals surface area contributed by atoms with Crippen molar-refractivity contribution < 1.29 is 48.0 Å². The zero-order valence-electron chi connectivity index (χ0n) is 25.5. The second-order valence-corrected chi connectivity index (χ2v) is 10.9. The van der Waals surface area contributed by atoms with Crippen LogP contribution in [0.3, 0.4) is 0 Å². The number of rotatable bonds is 16. The van der Waals surface area contributed by atoms with E-state index in [1.807, 2.05) is 27.7 Å². The Balaban J connectivity index is 3.43. The number of nitrogens with two attached hydrogens (primary N) is 1. The van der Waals surface area contributed by atoms with Gasteiger partial charge >= 0.3 is 24.2 Å². The van der Waals surface area contributed by atoms with E-state index in [1.54, 1.807) is 27.7 Å². The monoisotopic (exact) mass is 581 g/mol. The summed E-state index contributed by atoms with van der Waals surface area (Å²) >= 11 is 0. The summed E-state index contributed by atoms with van der Waals surface area (Å²) in [7, 11) is 0. The van der Waals surface area contributed by atoms with Crippen LogP contribution in [0.4, 0.5) is 9.59 Å². The Morgan fingerprint density at radius 2 is 1.32 bits per heavy atom. The van der Waals surface area contributed by atoms with Gasteiger partial charge in [-0.05, 0) is 57.2 Å². The summed E-state index contributed by atoms with van der Waals surface area (Å²) in [6.45, 7) is 14.5. The van der Waals surface area contributed by atoms with Gasteiger partial charge in [0, 0.05) is 18.3 Å². The van der Waals surface area contributed by atoms with Gasteiger partial charge in [-0.1, -0.05) is 53.5 Å². The maximum atomic E-state index is 12.6. The maximum absolute atomic E-state index is 12.6. The molecule has 11 nitrogen and oxygen atoms in total. The van der Waals surface area contributed by atoms with E-state index >= 15 is 0 Å². The molecule has 11 heteroatoms. The molecule has 0 amide bonds. The number of benzene rings is 1. The highest BCUT2D eigenvalue weighted by Gasteiger charge is 2.36. The minimum atomic E-state index is -1.40. The third kappa shape index (κ3) is 12.4. The first kappa shape index (κ1) is 35.7. The van der Waals surface area contributed by atoms with E-state index in [-0.39, 0.29) is 23.8 Å². The molecule has 0 fully saturated rings. The molecule has 1 aromatic rings. The summed E-state index contributed by atoms with van der Waals surface area (Å²) in [6, 6.07) is 2.86. The number of carbonyl (C=O) groups excluding carboxylic acids is 3. The second-order valence-electron chi connectivity index (χ2n) is 10.9. The molecule has 232 valence electrons. The average Bonchev–Trinajstić information content (AvgIpc) is 2.84. The zero-order chi connectivity index (χ0) is 31.3. The molecule has 0 spiro atoms. The second kappa shape index (κ2) is 17.5. The van der Waals surface area contributed by atoms with E-state index in [0.717, 1.165) is 12.8 Å². The molecule has 0 aromatic heterocycles. The molecule has 1 rings (SSSR count). The molecular formula is C30H47NO10. The molecule has 1 aromatic carbocycles. The lowest BCUT2D eigenvalue weighted by Crippen LogP contribution is -2.42. The third-order valence-corrected chi connectivity index (χ3v) is 6.60. The van der Waals surface area contributed by atoms with Crippen LogP contribution >= 0.6 is 0 Å². The highest BCUT2D eigenvalue weighted by atomic mass is 16.7. The highest BCUT2D eigenvalue weighted by Crippen LogP contribution is 2.37. The fourth-order valence-corrected chi connectivity index (χ4v) is 4.36. The lowest BCUT2D eigenvalue weighted by molar-refractivity contribution is -0.152. The predicted molar refractivity (Wildman–Crippen MR) is 152 cm³/mol. The van der Waals surface area contributed by atoms with Crippen LogP contribution in [0.25, 0.3) is 0 Å². The highest BCUT2D eigenvalue weighted by molar-refractivity contribution is 5.75. The fourth-order valence-electron chi connectivity index (χ4n) is 4.36. The van der Waals surface area contributed by atoms with Crippen LogP contribution in [-0.4, -0.2) is 53.7 Å². The van der Waals surface area contributed by atoms with Crippen LogP contribution in [0.2, 0.25) is 0 Å². The van der Waals surface area contributed by atoms with Gasteiger partial charge in [0.2, 0.25) is 0 Å². The minimum absolute atomic E-state index is 0.0887. The Bertz CT molecular complexity index is 1010. The Morgan fingerprint density at radius 1 is 0.805 bits per heavy atom. The Kier molecular flexibility index (Phi) is 15.2. The van der Waals surface area contributed by atoms with Crippen molar-refractivity contribution in [3.05, 3.63) is 23.8 Å². The van der Waals surface area contributed by atoms with Crippen molar-refractivity contribution in [3.8, 4) is 11.5 Å². The average molecular weight is 582 g/mol. The van der Waals surface area contributed by atoms with Crippen LogP contribution in [-0.2, 0) is 23.8 Å². The van der Waals surface area contributed by atoms with Gasteiger partial charge in [-0.3, -0.25) is 9.59 Å². The van der Waals surface area contributed by atoms with Crippen LogP contribution in [0.1, 0.15) is 99.0 Å². The van der Waals surface area contributed by atoms with E-state index in [4.69, 9.17) is 29.4 Å². The molecule has 0 aliphatic heterocycles. The summed E-state index contributed by atoms with van der Waals surface area (Å²) in [5.41, 5.74) is 6.48. The number of carboxylic acids is 1. The van der Waals surface area contributed by atoms with Gasteiger partial charge in [0.1, 0.15) is 24.4 Å². The van der Waals surface area contributed by atoms with Crippen molar-refractivity contribution in [1.82, 2.24) is 0 Å². The van der Waals surface area contributed by atoms with Crippen LogP contribution < -0.4 is 15.2 Å². The summed E-state index contributed by atoms with van der Waals surface area (Å²) < 4.78 is 26.9. The zero-order valence-corrected chi connectivity index (χ0v) is 25.5. The smallest absolute Gasteiger partial charge is 0.480 e. The van der Waals surface area contributed by atoms with Crippen LogP contribution in [0.5, 0.6) is 11.5 Å². The molecule has 0 heterocycles. The van der Waals surface area contributed by atoms with E-state index in [0.29, 0.717) is 18.4 Å². The molecule has 0 saturated heterocycles. The number of hydrogen-bond acceptors (Lipinski definition) is 10. The molecule has 0 aliphatic rings. The first-order valence-electron chi connectivity index (χ1n) is 14.3. The molecular weight excluding hydrogens is 534 g/mol. The Morgan fingerprint density at radius 3 is 1.78 bits per heavy atom. The molecule has 0 saturated carbocycles. The quantitative estimate of drug-likeness (QED) is 0.130. The first-order valence-corrected chi connectivity index (χ1v) is 14.3. The molecule has 0 aliphatic carbocycles. The molecule has 41 heavy (non-hydrogen) atoms.